The van der Waals surface area contributed by atoms with Crippen LogP contribution in [0.1, 0.15) is 54.4 Å². The van der Waals surface area contributed by atoms with E-state index in [1.165, 1.54) is 17.1 Å². The maximum Gasteiger partial charge on any atom is 0.308 e. The molecule has 0 spiro atoms. The molecule has 1 aliphatic rings. The van der Waals surface area contributed by atoms with Crippen LogP contribution in [0.25, 0.3) is 0 Å². The van der Waals surface area contributed by atoms with Gasteiger partial charge in [-0.3, -0.25) is 24.1 Å². The van der Waals surface area contributed by atoms with Gasteiger partial charge >= 0.3 is 5.97 Å². The van der Waals surface area contributed by atoms with E-state index in [-0.39, 0.29) is 41.6 Å². The monoisotopic (exact) mass is 440 g/mol. The van der Waals surface area contributed by atoms with Gasteiger partial charge in [-0.2, -0.15) is 11.8 Å². The number of amides is 3. The van der Waals surface area contributed by atoms with E-state index in [1.54, 1.807) is 11.8 Å². The van der Waals surface area contributed by atoms with Gasteiger partial charge < -0.3 is 10.1 Å². The van der Waals surface area contributed by atoms with Crippen molar-refractivity contribution < 1.29 is 23.9 Å². The van der Waals surface area contributed by atoms with E-state index in [4.69, 9.17) is 4.74 Å². The molecule has 0 fully saturated rings. The van der Waals surface area contributed by atoms with Gasteiger partial charge in [0.25, 0.3) is 11.8 Å². The van der Waals surface area contributed by atoms with Gasteiger partial charge in [-0.15, -0.1) is 0 Å². The molecule has 30 heavy (non-hydrogen) atoms. The molecule has 7 nitrogen and oxygen atoms in total. The van der Waals surface area contributed by atoms with Crippen LogP contribution in [0.3, 0.4) is 0 Å². The maximum atomic E-state index is 12.6. The highest BCUT2D eigenvalue weighted by Gasteiger charge is 2.38. The van der Waals surface area contributed by atoms with Gasteiger partial charge in [0.1, 0.15) is 0 Å². The van der Waals surface area contributed by atoms with Crippen molar-refractivity contribution in [2.75, 3.05) is 31.2 Å². The lowest BCUT2D eigenvalue weighted by Crippen LogP contribution is -2.44. The highest BCUT2D eigenvalue weighted by molar-refractivity contribution is 7.99. The molecular formula is C22H36N2O5S. The minimum atomic E-state index is -0.627. The Hall–Kier alpha value is -1.83. The third kappa shape index (κ3) is 8.90. The predicted molar refractivity (Wildman–Crippen MR) is 119 cm³/mol. The third-order valence-corrected chi connectivity index (χ3v) is 5.77. The summed E-state index contributed by atoms with van der Waals surface area (Å²) in [7, 11) is 0. The first-order valence-electron chi connectivity index (χ1n) is 10.4. The first kappa shape index (κ1) is 26.2. The number of carbonyl (C=O) groups excluding carboxylic acids is 4. The maximum absolute atomic E-state index is 12.6. The van der Waals surface area contributed by atoms with Crippen molar-refractivity contribution in [3.05, 3.63) is 12.2 Å². The van der Waals surface area contributed by atoms with Gasteiger partial charge in [-0.05, 0) is 24.0 Å². The number of thioether (sulfide) groups is 1. The van der Waals surface area contributed by atoms with Crippen molar-refractivity contribution in [1.82, 2.24) is 10.2 Å². The molecule has 1 aliphatic heterocycles. The number of nitrogens with zero attached hydrogens (tertiary/aromatic N) is 1. The summed E-state index contributed by atoms with van der Waals surface area (Å²) in [6.07, 6.45) is 3.89. The molecule has 1 rings (SSSR count). The summed E-state index contributed by atoms with van der Waals surface area (Å²) in [6, 6.07) is 0. The van der Waals surface area contributed by atoms with E-state index in [0.717, 1.165) is 17.9 Å². The summed E-state index contributed by atoms with van der Waals surface area (Å²) in [4.78, 5) is 48.8. The predicted octanol–water partition coefficient (Wildman–Crippen LogP) is 2.79. The van der Waals surface area contributed by atoms with Crippen LogP contribution in [0.2, 0.25) is 0 Å². The van der Waals surface area contributed by atoms with E-state index in [1.807, 2.05) is 41.5 Å². The molecule has 1 heterocycles. The lowest BCUT2D eigenvalue weighted by atomic mass is 9.74. The molecule has 0 atom stereocenters. The Morgan fingerprint density at radius 3 is 2.27 bits per heavy atom. The Morgan fingerprint density at radius 1 is 1.10 bits per heavy atom. The Labute approximate surface area is 184 Å². The van der Waals surface area contributed by atoms with Crippen LogP contribution in [0.4, 0.5) is 0 Å². The SMILES string of the molecule is CC(C)C(=O)OCCCSCCNC(=O)C(C)(C)CC(C)(C)CN1C(=O)C=CC1=O. The summed E-state index contributed by atoms with van der Waals surface area (Å²) in [5.41, 5.74) is -1.02. The van der Waals surface area contributed by atoms with Crippen LogP contribution in [-0.2, 0) is 23.9 Å². The van der Waals surface area contributed by atoms with E-state index in [2.05, 4.69) is 5.32 Å². The second-order valence-electron chi connectivity index (χ2n) is 9.36. The Morgan fingerprint density at radius 2 is 1.70 bits per heavy atom. The van der Waals surface area contributed by atoms with E-state index >= 15 is 0 Å². The van der Waals surface area contributed by atoms with Crippen LogP contribution >= 0.6 is 11.8 Å². The lowest BCUT2D eigenvalue weighted by molar-refractivity contribution is -0.147. The summed E-state index contributed by atoms with van der Waals surface area (Å²) >= 11 is 1.71. The average Bonchev–Trinajstić information content (AvgIpc) is 2.93. The number of ether oxygens (including phenoxy) is 1. The Kier molecular flexibility index (Phi) is 10.1. The molecule has 0 bridgehead atoms. The van der Waals surface area contributed by atoms with Crippen molar-refractivity contribution in [1.29, 1.82) is 0 Å². The number of rotatable bonds is 13. The standard InChI is InChI=1S/C22H36N2O5S/c1-16(2)19(27)29-11-7-12-30-13-10-23-20(28)22(5,6)14-21(3,4)15-24-17(25)8-9-18(24)26/h8-9,16H,7,10-15H2,1-6H3,(H,23,28). The molecule has 0 aromatic carbocycles. The van der Waals surface area contributed by atoms with E-state index in [9.17, 15) is 19.2 Å². The summed E-state index contributed by atoms with van der Waals surface area (Å²) < 4.78 is 5.13. The van der Waals surface area contributed by atoms with Crippen molar-refractivity contribution in [2.45, 2.75) is 54.4 Å². The Balaban J connectivity index is 2.29. The molecule has 0 radical (unpaired) electrons. The fourth-order valence-corrected chi connectivity index (χ4v) is 4.20. The van der Waals surface area contributed by atoms with Gasteiger partial charge in [-0.1, -0.05) is 41.5 Å². The van der Waals surface area contributed by atoms with Crippen LogP contribution in [-0.4, -0.2) is 59.8 Å². The van der Waals surface area contributed by atoms with Crippen molar-refractivity contribution in [2.24, 2.45) is 16.7 Å². The second-order valence-corrected chi connectivity index (χ2v) is 10.6. The molecule has 0 aromatic heterocycles. The lowest BCUT2D eigenvalue weighted by Gasteiger charge is -2.36. The molecule has 0 saturated carbocycles. The molecule has 3 amide bonds. The summed E-state index contributed by atoms with van der Waals surface area (Å²) in [6.45, 7) is 12.6. The summed E-state index contributed by atoms with van der Waals surface area (Å²) in [5.74, 6) is 0.730. The van der Waals surface area contributed by atoms with Gasteiger partial charge in [0, 0.05) is 36.4 Å². The van der Waals surface area contributed by atoms with Crippen LogP contribution in [0, 0.1) is 16.7 Å². The van der Waals surface area contributed by atoms with Crippen LogP contribution in [0.15, 0.2) is 12.2 Å². The normalized spacial score (nSPS) is 14.6. The molecule has 8 heteroatoms. The van der Waals surface area contributed by atoms with Gasteiger partial charge in [0.2, 0.25) is 5.91 Å². The largest absolute Gasteiger partial charge is 0.465 e. The second kappa shape index (κ2) is 11.5. The van der Waals surface area contributed by atoms with Gasteiger partial charge in [-0.25, -0.2) is 0 Å². The number of hydrogen-bond donors (Lipinski definition) is 1. The topological polar surface area (TPSA) is 92.8 Å². The molecular weight excluding hydrogens is 404 g/mol. The molecule has 170 valence electrons. The highest BCUT2D eigenvalue weighted by atomic mass is 32.2. The molecule has 0 unspecified atom stereocenters. The molecule has 1 N–H and O–H groups in total. The average molecular weight is 441 g/mol. The van der Waals surface area contributed by atoms with Crippen LogP contribution in [0.5, 0.6) is 0 Å². The molecule has 0 saturated heterocycles. The van der Waals surface area contributed by atoms with Crippen molar-refractivity contribution in [3.63, 3.8) is 0 Å². The first-order valence-corrected chi connectivity index (χ1v) is 11.6. The minimum Gasteiger partial charge on any atom is -0.465 e. The number of nitrogens with one attached hydrogen (secondary N) is 1. The smallest absolute Gasteiger partial charge is 0.308 e. The fourth-order valence-electron chi connectivity index (χ4n) is 3.43. The van der Waals surface area contributed by atoms with Gasteiger partial charge in [0.15, 0.2) is 0 Å². The number of carbonyl (C=O) groups is 4. The zero-order valence-corrected chi connectivity index (χ0v) is 19.9. The zero-order valence-electron chi connectivity index (χ0n) is 19.1. The number of esters is 1. The number of hydrogen-bond acceptors (Lipinski definition) is 6. The quantitative estimate of drug-likeness (QED) is 0.269. The minimum absolute atomic E-state index is 0.0424. The zero-order chi connectivity index (χ0) is 22.9. The van der Waals surface area contributed by atoms with Crippen LogP contribution < -0.4 is 5.32 Å². The van der Waals surface area contributed by atoms with Crippen molar-refractivity contribution in [3.8, 4) is 0 Å². The van der Waals surface area contributed by atoms with E-state index in [0.29, 0.717) is 19.6 Å². The fraction of sp³-hybridized carbons (Fsp3) is 0.727. The Bertz CT molecular complexity index is 652. The molecule has 0 aromatic rings. The van der Waals surface area contributed by atoms with Crippen molar-refractivity contribution >= 4 is 35.5 Å². The number of imide groups is 1. The highest BCUT2D eigenvalue weighted by Crippen LogP contribution is 2.35. The molecule has 0 aliphatic carbocycles. The first-order chi connectivity index (χ1) is 13.9. The summed E-state index contributed by atoms with van der Waals surface area (Å²) in [5, 5.41) is 2.98. The van der Waals surface area contributed by atoms with Gasteiger partial charge in [0.05, 0.1) is 12.5 Å². The van der Waals surface area contributed by atoms with E-state index < -0.39 is 5.41 Å². The third-order valence-electron chi connectivity index (χ3n) is 4.70.